The molecule has 2 aliphatic heterocycles. The van der Waals surface area contributed by atoms with Gasteiger partial charge in [-0.15, -0.1) is 0 Å². The molecule has 0 amide bonds. The van der Waals surface area contributed by atoms with Crippen molar-refractivity contribution in [2.45, 2.75) is 26.3 Å². The zero-order chi connectivity index (χ0) is 21.0. The molecule has 5 rings (SSSR count). The van der Waals surface area contributed by atoms with E-state index >= 15 is 0 Å². The largest absolute Gasteiger partial charge is 0.453 e. The summed E-state index contributed by atoms with van der Waals surface area (Å²) in [4.78, 5) is 0. The van der Waals surface area contributed by atoms with Crippen LogP contribution in [0.2, 0.25) is 0 Å². The van der Waals surface area contributed by atoms with Crippen molar-refractivity contribution in [1.29, 1.82) is 0 Å². The van der Waals surface area contributed by atoms with Gasteiger partial charge >= 0.3 is 0 Å². The second kappa shape index (κ2) is 6.56. The quantitative estimate of drug-likeness (QED) is 0.468. The molecule has 2 nitrogen and oxygen atoms in total. The van der Waals surface area contributed by atoms with Gasteiger partial charge in [-0.25, -0.2) is 8.78 Å². The number of para-hydroxylation sites is 1. The van der Waals surface area contributed by atoms with Crippen molar-refractivity contribution in [3.8, 4) is 16.9 Å². The molecule has 0 bridgehead atoms. The second-order valence-corrected chi connectivity index (χ2v) is 8.36. The summed E-state index contributed by atoms with van der Waals surface area (Å²) in [6, 6.07) is 15.2. The molecule has 150 valence electrons. The summed E-state index contributed by atoms with van der Waals surface area (Å²) in [6.45, 7) is 6.32. The molecule has 2 aliphatic rings. The van der Waals surface area contributed by atoms with Crippen LogP contribution in [-0.4, -0.2) is 5.54 Å². The maximum atomic E-state index is 14.6. The van der Waals surface area contributed by atoms with Crippen molar-refractivity contribution in [2.75, 3.05) is 5.32 Å². The zero-order valence-electron chi connectivity index (χ0n) is 17.0. The normalized spacial score (nSPS) is 17.2. The van der Waals surface area contributed by atoms with Gasteiger partial charge in [0.2, 0.25) is 0 Å². The number of anilines is 1. The molecule has 2 heterocycles. The molecular formula is C26H21F2NO. The average Bonchev–Trinajstić information content (AvgIpc) is 2.69. The van der Waals surface area contributed by atoms with Crippen LogP contribution in [0.15, 0.2) is 60.7 Å². The SMILES string of the molecule is CC1=CC(C)(C)Nc2ccc3c(c21)/C(=C/c1ccc(F)cc1)Oc1c(F)cccc1-3. The van der Waals surface area contributed by atoms with Crippen molar-refractivity contribution < 1.29 is 13.5 Å². The molecule has 0 unspecified atom stereocenters. The maximum Gasteiger partial charge on any atom is 0.170 e. The smallest absolute Gasteiger partial charge is 0.170 e. The Morgan fingerprint density at radius 1 is 0.900 bits per heavy atom. The third-order valence-corrected chi connectivity index (χ3v) is 5.52. The number of benzene rings is 3. The molecular weight excluding hydrogens is 380 g/mol. The highest BCUT2D eigenvalue weighted by Gasteiger charge is 2.32. The lowest BCUT2D eigenvalue weighted by atomic mass is 9.83. The molecule has 1 N–H and O–H groups in total. The third kappa shape index (κ3) is 3.00. The number of nitrogens with one attached hydrogen (secondary N) is 1. The number of allylic oxidation sites excluding steroid dienone is 1. The van der Waals surface area contributed by atoms with Crippen LogP contribution in [0.3, 0.4) is 0 Å². The standard InChI is InChI=1S/C26H21F2NO/c1-15-14-26(2,3)29-21-12-11-18-19-5-4-6-20(28)25(19)30-22(24(18)23(15)21)13-16-7-9-17(27)10-8-16/h4-14,29H,1-3H3/b22-13-. The van der Waals surface area contributed by atoms with Gasteiger partial charge in [0.1, 0.15) is 11.6 Å². The molecule has 0 saturated carbocycles. The summed E-state index contributed by atoms with van der Waals surface area (Å²) in [5.74, 6) is 0.0397. The van der Waals surface area contributed by atoms with Gasteiger partial charge in [-0.3, -0.25) is 0 Å². The monoisotopic (exact) mass is 401 g/mol. The van der Waals surface area contributed by atoms with Crippen LogP contribution >= 0.6 is 0 Å². The fourth-order valence-corrected chi connectivity index (χ4v) is 4.39. The van der Waals surface area contributed by atoms with E-state index in [0.29, 0.717) is 5.76 Å². The zero-order valence-corrected chi connectivity index (χ0v) is 17.0. The lowest BCUT2D eigenvalue weighted by Crippen LogP contribution is -2.32. The summed E-state index contributed by atoms with van der Waals surface area (Å²) in [5.41, 5.74) is 6.32. The number of hydrogen-bond donors (Lipinski definition) is 1. The van der Waals surface area contributed by atoms with E-state index in [9.17, 15) is 8.78 Å². The molecule has 0 atom stereocenters. The lowest BCUT2D eigenvalue weighted by Gasteiger charge is -2.35. The molecule has 30 heavy (non-hydrogen) atoms. The van der Waals surface area contributed by atoms with Crippen molar-refractivity contribution >= 4 is 23.1 Å². The van der Waals surface area contributed by atoms with Gasteiger partial charge in [-0.2, -0.15) is 0 Å². The van der Waals surface area contributed by atoms with Crippen molar-refractivity contribution in [1.82, 2.24) is 0 Å². The number of rotatable bonds is 1. The third-order valence-electron chi connectivity index (χ3n) is 5.52. The summed E-state index contributed by atoms with van der Waals surface area (Å²) in [6.07, 6.45) is 4.02. The van der Waals surface area contributed by atoms with E-state index in [1.165, 1.54) is 18.2 Å². The van der Waals surface area contributed by atoms with Crippen LogP contribution in [0.5, 0.6) is 5.75 Å². The maximum absolute atomic E-state index is 14.6. The minimum absolute atomic E-state index is 0.175. The minimum atomic E-state index is -0.410. The molecule has 3 aromatic carbocycles. The van der Waals surface area contributed by atoms with E-state index in [2.05, 4.69) is 32.2 Å². The molecule has 0 saturated heterocycles. The van der Waals surface area contributed by atoms with Gasteiger partial charge in [-0.1, -0.05) is 36.4 Å². The van der Waals surface area contributed by atoms with Crippen LogP contribution in [0.1, 0.15) is 37.5 Å². The fraction of sp³-hybridized carbons (Fsp3) is 0.154. The summed E-state index contributed by atoms with van der Waals surface area (Å²) >= 11 is 0. The van der Waals surface area contributed by atoms with Crippen molar-refractivity contribution in [2.24, 2.45) is 0 Å². The lowest BCUT2D eigenvalue weighted by molar-refractivity contribution is 0.466. The number of fused-ring (bicyclic) bond motifs is 5. The Hall–Kier alpha value is -3.40. The van der Waals surface area contributed by atoms with E-state index in [4.69, 9.17) is 4.74 Å². The predicted molar refractivity (Wildman–Crippen MR) is 118 cm³/mol. The molecule has 0 aromatic heterocycles. The van der Waals surface area contributed by atoms with Gasteiger partial charge < -0.3 is 10.1 Å². The first-order valence-electron chi connectivity index (χ1n) is 9.92. The second-order valence-electron chi connectivity index (χ2n) is 8.36. The van der Waals surface area contributed by atoms with Crippen LogP contribution in [0.25, 0.3) is 28.5 Å². The van der Waals surface area contributed by atoms with E-state index in [0.717, 1.165) is 39.1 Å². The Balaban J connectivity index is 1.80. The molecule has 4 heteroatoms. The van der Waals surface area contributed by atoms with E-state index < -0.39 is 5.82 Å². The Kier molecular flexibility index (Phi) is 4.07. The highest BCUT2D eigenvalue weighted by atomic mass is 19.1. The molecule has 0 radical (unpaired) electrons. The van der Waals surface area contributed by atoms with Gasteiger partial charge in [-0.05, 0) is 67.8 Å². The predicted octanol–water partition coefficient (Wildman–Crippen LogP) is 7.13. The van der Waals surface area contributed by atoms with Crippen LogP contribution in [0, 0.1) is 11.6 Å². The number of halogens is 2. The van der Waals surface area contributed by atoms with E-state index in [-0.39, 0.29) is 17.1 Å². The minimum Gasteiger partial charge on any atom is -0.453 e. The molecule has 0 aliphatic carbocycles. The first-order valence-corrected chi connectivity index (χ1v) is 9.92. The van der Waals surface area contributed by atoms with Crippen LogP contribution in [-0.2, 0) is 0 Å². The number of ether oxygens (including phenoxy) is 1. The summed E-state index contributed by atoms with van der Waals surface area (Å²) < 4.78 is 34.1. The highest BCUT2D eigenvalue weighted by Crippen LogP contribution is 2.49. The van der Waals surface area contributed by atoms with E-state index in [1.807, 2.05) is 24.3 Å². The Morgan fingerprint density at radius 2 is 1.67 bits per heavy atom. The first-order chi connectivity index (χ1) is 14.3. The average molecular weight is 401 g/mol. The van der Waals surface area contributed by atoms with Gasteiger partial charge in [0.15, 0.2) is 11.6 Å². The van der Waals surface area contributed by atoms with Crippen molar-refractivity contribution in [3.63, 3.8) is 0 Å². The van der Waals surface area contributed by atoms with Crippen LogP contribution < -0.4 is 10.1 Å². The number of hydrogen-bond acceptors (Lipinski definition) is 2. The highest BCUT2D eigenvalue weighted by molar-refractivity contribution is 6.00. The van der Waals surface area contributed by atoms with Gasteiger partial charge in [0, 0.05) is 22.4 Å². The summed E-state index contributed by atoms with van der Waals surface area (Å²) in [7, 11) is 0. The Bertz CT molecular complexity index is 1240. The van der Waals surface area contributed by atoms with Crippen molar-refractivity contribution in [3.05, 3.63) is 89.0 Å². The Labute approximate surface area is 174 Å². The first kappa shape index (κ1) is 18.6. The summed E-state index contributed by atoms with van der Waals surface area (Å²) in [5, 5.41) is 3.56. The topological polar surface area (TPSA) is 21.3 Å². The molecule has 0 fully saturated rings. The van der Waals surface area contributed by atoms with Gasteiger partial charge in [0.05, 0.1) is 5.54 Å². The Morgan fingerprint density at radius 3 is 2.43 bits per heavy atom. The van der Waals surface area contributed by atoms with Crippen LogP contribution in [0.4, 0.5) is 14.5 Å². The molecule has 3 aromatic rings. The van der Waals surface area contributed by atoms with E-state index in [1.54, 1.807) is 18.2 Å². The molecule has 0 spiro atoms. The fourth-order valence-electron chi connectivity index (χ4n) is 4.39. The van der Waals surface area contributed by atoms with Gasteiger partial charge in [0.25, 0.3) is 0 Å².